The van der Waals surface area contributed by atoms with Crippen molar-refractivity contribution in [2.24, 2.45) is 0 Å². The molecule has 0 bridgehead atoms. The van der Waals surface area contributed by atoms with E-state index in [4.69, 9.17) is 27.9 Å². The molecule has 0 atom stereocenters. The average molecular weight is 350 g/mol. The normalized spacial score (nSPS) is 10.4. The third-order valence-electron chi connectivity index (χ3n) is 2.29. The minimum absolute atomic E-state index is 0.112. The van der Waals surface area contributed by atoms with Gasteiger partial charge in [0.2, 0.25) is 0 Å². The van der Waals surface area contributed by atoms with Gasteiger partial charge in [0.15, 0.2) is 0 Å². The molecule has 94 valence electrons. The first-order chi connectivity index (χ1) is 8.56. The van der Waals surface area contributed by atoms with Gasteiger partial charge in [0.05, 0.1) is 5.02 Å². The number of benzene rings is 2. The van der Waals surface area contributed by atoms with Crippen LogP contribution in [-0.4, -0.2) is 0 Å². The van der Waals surface area contributed by atoms with Gasteiger partial charge in [-0.05, 0) is 30.3 Å². The van der Waals surface area contributed by atoms with Crippen LogP contribution >= 0.6 is 39.1 Å². The predicted octanol–water partition coefficient (Wildman–Crippen LogP) is 5.47. The molecule has 2 rings (SSSR count). The Bertz CT molecular complexity index is 523. The Morgan fingerprint density at radius 3 is 2.56 bits per heavy atom. The highest BCUT2D eigenvalue weighted by molar-refractivity contribution is 9.10. The second-order valence-electron chi connectivity index (χ2n) is 3.60. The van der Waals surface area contributed by atoms with E-state index in [1.165, 1.54) is 6.07 Å². The summed E-state index contributed by atoms with van der Waals surface area (Å²) in [7, 11) is 0. The Morgan fingerprint density at radius 1 is 1.11 bits per heavy atom. The molecule has 0 unspecified atom stereocenters. The third-order valence-corrected chi connectivity index (χ3v) is 3.32. The summed E-state index contributed by atoms with van der Waals surface area (Å²) >= 11 is 14.9. The molecule has 0 fully saturated rings. The Labute approximate surface area is 123 Å². The van der Waals surface area contributed by atoms with Gasteiger partial charge < -0.3 is 4.74 Å². The zero-order chi connectivity index (χ0) is 13.1. The van der Waals surface area contributed by atoms with E-state index in [1.54, 1.807) is 30.3 Å². The van der Waals surface area contributed by atoms with Crippen LogP contribution in [0.5, 0.6) is 5.75 Å². The summed E-state index contributed by atoms with van der Waals surface area (Å²) in [4.78, 5) is 0. The maximum atomic E-state index is 13.6. The smallest absolute Gasteiger partial charge is 0.138 e. The highest BCUT2D eigenvalue weighted by atomic mass is 79.9. The maximum absolute atomic E-state index is 13.6. The molecule has 1 nitrogen and oxygen atoms in total. The summed E-state index contributed by atoms with van der Waals surface area (Å²) in [6.07, 6.45) is 0. The number of rotatable bonds is 3. The lowest BCUT2D eigenvalue weighted by Crippen LogP contribution is -1.98. The second-order valence-corrected chi connectivity index (χ2v) is 5.36. The lowest BCUT2D eigenvalue weighted by Gasteiger charge is -2.09. The molecule has 0 aliphatic carbocycles. The van der Waals surface area contributed by atoms with Gasteiger partial charge in [-0.1, -0.05) is 45.2 Å². The number of hydrogen-bond donors (Lipinski definition) is 0. The van der Waals surface area contributed by atoms with Crippen molar-refractivity contribution in [1.29, 1.82) is 0 Å². The van der Waals surface area contributed by atoms with E-state index < -0.39 is 0 Å². The van der Waals surface area contributed by atoms with Crippen molar-refractivity contribution in [2.75, 3.05) is 0 Å². The van der Waals surface area contributed by atoms with E-state index >= 15 is 0 Å². The van der Waals surface area contributed by atoms with Gasteiger partial charge in [-0.3, -0.25) is 0 Å². The lowest BCUT2D eigenvalue weighted by atomic mass is 10.2. The number of hydrogen-bond acceptors (Lipinski definition) is 1. The minimum atomic E-state index is -0.325. The van der Waals surface area contributed by atoms with Gasteiger partial charge in [-0.15, -0.1) is 0 Å². The molecule has 18 heavy (non-hydrogen) atoms. The van der Waals surface area contributed by atoms with Crippen molar-refractivity contribution in [1.82, 2.24) is 0 Å². The van der Waals surface area contributed by atoms with Crippen LogP contribution in [0, 0.1) is 5.82 Å². The molecule has 2 aromatic carbocycles. The third kappa shape index (κ3) is 3.37. The zero-order valence-corrected chi connectivity index (χ0v) is 12.2. The molecule has 0 saturated carbocycles. The lowest BCUT2D eigenvalue weighted by molar-refractivity contribution is 0.300. The molecule has 0 heterocycles. The number of halogens is 4. The Balaban J connectivity index is 2.11. The Kier molecular flexibility index (Phi) is 4.49. The van der Waals surface area contributed by atoms with Crippen LogP contribution in [0.25, 0.3) is 0 Å². The molecule has 0 aromatic heterocycles. The maximum Gasteiger partial charge on any atom is 0.138 e. The second kappa shape index (κ2) is 5.91. The van der Waals surface area contributed by atoms with Crippen LogP contribution in [-0.2, 0) is 6.61 Å². The average Bonchev–Trinajstić information content (AvgIpc) is 2.30. The first-order valence-electron chi connectivity index (χ1n) is 5.08. The summed E-state index contributed by atoms with van der Waals surface area (Å²) in [6.45, 7) is 0.112. The fourth-order valence-electron chi connectivity index (χ4n) is 1.39. The van der Waals surface area contributed by atoms with Gasteiger partial charge in [0, 0.05) is 15.1 Å². The largest absolute Gasteiger partial charge is 0.487 e. The van der Waals surface area contributed by atoms with E-state index in [0.29, 0.717) is 25.8 Å². The van der Waals surface area contributed by atoms with Crippen LogP contribution in [0.1, 0.15) is 5.56 Å². The fourth-order valence-corrected chi connectivity index (χ4v) is 2.18. The summed E-state index contributed by atoms with van der Waals surface area (Å²) in [6, 6.07) is 9.70. The van der Waals surface area contributed by atoms with Crippen molar-refractivity contribution in [3.05, 3.63) is 62.3 Å². The van der Waals surface area contributed by atoms with Crippen molar-refractivity contribution in [2.45, 2.75) is 6.61 Å². The Morgan fingerprint density at radius 2 is 1.89 bits per heavy atom. The summed E-state index contributed by atoms with van der Waals surface area (Å²) in [5, 5.41) is 0.933. The summed E-state index contributed by atoms with van der Waals surface area (Å²) in [5.74, 6) is 0.151. The van der Waals surface area contributed by atoms with E-state index in [-0.39, 0.29) is 12.4 Å². The van der Waals surface area contributed by atoms with E-state index in [2.05, 4.69) is 15.9 Å². The van der Waals surface area contributed by atoms with Gasteiger partial charge in [-0.25, -0.2) is 4.39 Å². The molecule has 5 heteroatoms. The van der Waals surface area contributed by atoms with E-state index in [9.17, 15) is 4.39 Å². The Hall–Kier alpha value is -0.770. The summed E-state index contributed by atoms with van der Waals surface area (Å²) in [5.41, 5.74) is 0.462. The van der Waals surface area contributed by atoms with Gasteiger partial charge in [-0.2, -0.15) is 0 Å². The van der Waals surface area contributed by atoms with Crippen LogP contribution < -0.4 is 4.74 Å². The van der Waals surface area contributed by atoms with Crippen molar-refractivity contribution in [3.63, 3.8) is 0 Å². The van der Waals surface area contributed by atoms with E-state index in [1.807, 2.05) is 0 Å². The van der Waals surface area contributed by atoms with E-state index in [0.717, 1.165) is 0 Å². The van der Waals surface area contributed by atoms with Crippen LogP contribution in [0.3, 0.4) is 0 Å². The number of ether oxygens (including phenoxy) is 1. The SMILES string of the molecule is Fc1cc(Br)ccc1COc1ccc(Cl)cc1Cl. The van der Waals surface area contributed by atoms with Crippen molar-refractivity contribution in [3.8, 4) is 5.75 Å². The predicted molar refractivity (Wildman–Crippen MR) is 74.9 cm³/mol. The quantitative estimate of drug-likeness (QED) is 0.713. The first kappa shape index (κ1) is 13.7. The van der Waals surface area contributed by atoms with Crippen LogP contribution in [0.2, 0.25) is 10.0 Å². The van der Waals surface area contributed by atoms with Crippen LogP contribution in [0.4, 0.5) is 4.39 Å². The standard InChI is InChI=1S/C13H8BrCl2FO/c14-9-2-1-8(12(17)5-9)7-18-13-4-3-10(15)6-11(13)16/h1-6H,7H2. The molecule has 0 spiro atoms. The van der Waals surface area contributed by atoms with Gasteiger partial charge in [0.25, 0.3) is 0 Å². The van der Waals surface area contributed by atoms with Crippen molar-refractivity contribution < 1.29 is 9.13 Å². The summed E-state index contributed by atoms with van der Waals surface area (Å²) < 4.78 is 19.7. The molecule has 0 aliphatic heterocycles. The molecular weight excluding hydrogens is 342 g/mol. The fraction of sp³-hybridized carbons (Fsp3) is 0.0769. The highest BCUT2D eigenvalue weighted by Gasteiger charge is 2.06. The topological polar surface area (TPSA) is 9.23 Å². The van der Waals surface area contributed by atoms with Gasteiger partial charge in [0.1, 0.15) is 18.2 Å². The molecule has 2 aromatic rings. The molecule has 0 aliphatic rings. The highest BCUT2D eigenvalue weighted by Crippen LogP contribution is 2.28. The van der Waals surface area contributed by atoms with Gasteiger partial charge >= 0.3 is 0 Å². The zero-order valence-electron chi connectivity index (χ0n) is 9.09. The molecule has 0 N–H and O–H groups in total. The molecule has 0 saturated heterocycles. The monoisotopic (exact) mass is 348 g/mol. The van der Waals surface area contributed by atoms with Crippen molar-refractivity contribution >= 4 is 39.1 Å². The molecule has 0 amide bonds. The molecular formula is C13H8BrCl2FO. The first-order valence-corrected chi connectivity index (χ1v) is 6.63. The van der Waals surface area contributed by atoms with Crippen LogP contribution in [0.15, 0.2) is 40.9 Å². The minimum Gasteiger partial charge on any atom is -0.487 e. The molecule has 0 radical (unpaired) electrons.